The molecule has 0 radical (unpaired) electrons. The number of hydrogen-bond acceptors (Lipinski definition) is 6. The number of aryl methyl sites for hydroxylation is 1. The Hall–Kier alpha value is -2.41. The molecule has 1 fully saturated rings. The van der Waals surface area contributed by atoms with Gasteiger partial charge in [0.25, 0.3) is 5.91 Å². The summed E-state index contributed by atoms with van der Waals surface area (Å²) in [5, 5.41) is 6.87. The number of nitrogens with zero attached hydrogens (tertiary/aromatic N) is 2. The van der Waals surface area contributed by atoms with Crippen molar-refractivity contribution in [3.8, 4) is 5.75 Å². The smallest absolute Gasteiger partial charge is 0.255 e. The molecular weight excluding hydrogens is 308 g/mol. The molecule has 0 saturated heterocycles. The van der Waals surface area contributed by atoms with E-state index in [2.05, 4.69) is 15.5 Å². The molecule has 24 heavy (non-hydrogen) atoms. The highest BCUT2D eigenvalue weighted by Gasteiger charge is 2.28. The minimum absolute atomic E-state index is 0.135. The van der Waals surface area contributed by atoms with Gasteiger partial charge >= 0.3 is 0 Å². The second-order valence-corrected chi connectivity index (χ2v) is 6.02. The number of nitrogens with two attached hydrogens (primary N) is 1. The molecule has 1 aromatic carbocycles. The van der Waals surface area contributed by atoms with Gasteiger partial charge in [-0.05, 0) is 37.4 Å². The SMILES string of the molecule is Cc1nc(COc2ccccc2C(=O)NC2CCCC2CN)no1. The molecular formula is C17H22N4O3. The zero-order valence-electron chi connectivity index (χ0n) is 13.7. The van der Waals surface area contributed by atoms with Crippen LogP contribution in [0.2, 0.25) is 0 Å². The predicted octanol–water partition coefficient (Wildman–Crippen LogP) is 1.81. The van der Waals surface area contributed by atoms with E-state index in [0.717, 1.165) is 19.3 Å². The van der Waals surface area contributed by atoms with E-state index in [1.165, 1.54) is 0 Å². The first-order valence-corrected chi connectivity index (χ1v) is 8.19. The van der Waals surface area contributed by atoms with Crippen molar-refractivity contribution >= 4 is 5.91 Å². The molecule has 0 bridgehead atoms. The van der Waals surface area contributed by atoms with Gasteiger partial charge in [-0.15, -0.1) is 0 Å². The molecule has 1 aliphatic rings. The van der Waals surface area contributed by atoms with Crippen LogP contribution in [0, 0.1) is 12.8 Å². The number of hydrogen-bond donors (Lipinski definition) is 2. The van der Waals surface area contributed by atoms with Gasteiger partial charge in [-0.1, -0.05) is 23.7 Å². The van der Waals surface area contributed by atoms with Crippen molar-refractivity contribution in [1.82, 2.24) is 15.5 Å². The Morgan fingerprint density at radius 1 is 1.42 bits per heavy atom. The second kappa shape index (κ2) is 7.44. The van der Waals surface area contributed by atoms with E-state index in [1.807, 2.05) is 12.1 Å². The van der Waals surface area contributed by atoms with Gasteiger partial charge in [-0.3, -0.25) is 4.79 Å². The fraction of sp³-hybridized carbons (Fsp3) is 0.471. The van der Waals surface area contributed by atoms with Crippen LogP contribution in [0.4, 0.5) is 0 Å². The maximum atomic E-state index is 12.6. The lowest BCUT2D eigenvalue weighted by Crippen LogP contribution is -2.40. The monoisotopic (exact) mass is 330 g/mol. The summed E-state index contributed by atoms with van der Waals surface area (Å²) in [4.78, 5) is 16.7. The van der Waals surface area contributed by atoms with E-state index in [-0.39, 0.29) is 18.6 Å². The third-order valence-electron chi connectivity index (χ3n) is 4.34. The number of nitrogens with one attached hydrogen (secondary N) is 1. The lowest BCUT2D eigenvalue weighted by molar-refractivity contribution is 0.0924. The van der Waals surface area contributed by atoms with E-state index >= 15 is 0 Å². The highest BCUT2D eigenvalue weighted by Crippen LogP contribution is 2.26. The van der Waals surface area contributed by atoms with E-state index < -0.39 is 0 Å². The van der Waals surface area contributed by atoms with Crippen LogP contribution in [0.15, 0.2) is 28.8 Å². The molecule has 0 aliphatic heterocycles. The van der Waals surface area contributed by atoms with Crippen molar-refractivity contribution in [2.75, 3.05) is 6.54 Å². The number of carbonyl (C=O) groups is 1. The quantitative estimate of drug-likeness (QED) is 0.837. The number of ether oxygens (including phenoxy) is 1. The first-order chi connectivity index (χ1) is 11.7. The van der Waals surface area contributed by atoms with Crippen LogP contribution >= 0.6 is 0 Å². The first-order valence-electron chi connectivity index (χ1n) is 8.19. The van der Waals surface area contributed by atoms with Gasteiger partial charge in [-0.2, -0.15) is 4.98 Å². The molecule has 2 atom stereocenters. The summed E-state index contributed by atoms with van der Waals surface area (Å²) in [7, 11) is 0. The highest BCUT2D eigenvalue weighted by atomic mass is 16.5. The Bertz CT molecular complexity index is 701. The molecule has 1 saturated carbocycles. The molecule has 2 unspecified atom stereocenters. The molecule has 1 heterocycles. The van der Waals surface area contributed by atoms with Crippen LogP contribution in [0.5, 0.6) is 5.75 Å². The third kappa shape index (κ3) is 3.73. The lowest BCUT2D eigenvalue weighted by atomic mass is 10.0. The van der Waals surface area contributed by atoms with Gasteiger partial charge in [0.1, 0.15) is 5.75 Å². The number of amides is 1. The lowest BCUT2D eigenvalue weighted by Gasteiger charge is -2.20. The number of carbonyl (C=O) groups excluding carboxylic acids is 1. The summed E-state index contributed by atoms with van der Waals surface area (Å²) in [5.41, 5.74) is 6.28. The first kappa shape index (κ1) is 16.4. The summed E-state index contributed by atoms with van der Waals surface area (Å²) in [5.74, 6) is 1.64. The number of para-hydroxylation sites is 1. The molecule has 3 N–H and O–H groups in total. The summed E-state index contributed by atoms with van der Waals surface area (Å²) < 4.78 is 10.6. The summed E-state index contributed by atoms with van der Waals surface area (Å²) >= 11 is 0. The zero-order valence-corrected chi connectivity index (χ0v) is 13.7. The van der Waals surface area contributed by atoms with Crippen LogP contribution in [-0.2, 0) is 6.61 Å². The van der Waals surface area contributed by atoms with Gasteiger partial charge in [0.15, 0.2) is 6.61 Å². The molecule has 7 heteroatoms. The van der Waals surface area contributed by atoms with Gasteiger partial charge in [0, 0.05) is 13.0 Å². The van der Waals surface area contributed by atoms with Crippen molar-refractivity contribution < 1.29 is 14.1 Å². The summed E-state index contributed by atoms with van der Waals surface area (Å²) in [6.07, 6.45) is 3.14. The number of aromatic nitrogens is 2. The van der Waals surface area contributed by atoms with Gasteiger partial charge < -0.3 is 20.3 Å². The normalized spacial score (nSPS) is 20.1. The van der Waals surface area contributed by atoms with Crippen LogP contribution in [0.25, 0.3) is 0 Å². The van der Waals surface area contributed by atoms with E-state index in [0.29, 0.717) is 35.5 Å². The summed E-state index contributed by atoms with van der Waals surface area (Å²) in [6.45, 7) is 2.46. The Kier molecular flexibility index (Phi) is 5.10. The fourth-order valence-corrected chi connectivity index (χ4v) is 3.08. The Labute approximate surface area is 140 Å². The van der Waals surface area contributed by atoms with E-state index in [1.54, 1.807) is 19.1 Å². The number of rotatable bonds is 6. The van der Waals surface area contributed by atoms with Crippen molar-refractivity contribution in [3.63, 3.8) is 0 Å². The van der Waals surface area contributed by atoms with Crippen molar-refractivity contribution in [2.24, 2.45) is 11.7 Å². The molecule has 0 spiro atoms. The molecule has 1 aliphatic carbocycles. The number of benzene rings is 1. The maximum Gasteiger partial charge on any atom is 0.255 e. The average Bonchev–Trinajstić information content (AvgIpc) is 3.21. The van der Waals surface area contributed by atoms with Crippen molar-refractivity contribution in [3.05, 3.63) is 41.5 Å². The minimum atomic E-state index is -0.139. The van der Waals surface area contributed by atoms with Crippen LogP contribution in [0.3, 0.4) is 0 Å². The average molecular weight is 330 g/mol. The predicted molar refractivity (Wildman–Crippen MR) is 87.5 cm³/mol. The molecule has 1 amide bonds. The molecule has 2 aromatic rings. The van der Waals surface area contributed by atoms with Crippen LogP contribution in [0.1, 0.15) is 41.3 Å². The van der Waals surface area contributed by atoms with Gasteiger partial charge in [0.05, 0.1) is 5.56 Å². The van der Waals surface area contributed by atoms with E-state index in [4.69, 9.17) is 15.0 Å². The largest absolute Gasteiger partial charge is 0.485 e. The van der Waals surface area contributed by atoms with Crippen molar-refractivity contribution in [1.29, 1.82) is 0 Å². The molecule has 3 rings (SSSR count). The Morgan fingerprint density at radius 2 is 2.25 bits per heavy atom. The second-order valence-electron chi connectivity index (χ2n) is 6.02. The van der Waals surface area contributed by atoms with Crippen molar-refractivity contribution in [2.45, 2.75) is 38.8 Å². The van der Waals surface area contributed by atoms with Gasteiger partial charge in [-0.25, -0.2) is 0 Å². The zero-order chi connectivity index (χ0) is 16.9. The molecule has 7 nitrogen and oxygen atoms in total. The van der Waals surface area contributed by atoms with Gasteiger partial charge in [0.2, 0.25) is 11.7 Å². The van der Waals surface area contributed by atoms with E-state index in [9.17, 15) is 4.79 Å². The topological polar surface area (TPSA) is 103 Å². The molecule has 128 valence electrons. The minimum Gasteiger partial charge on any atom is -0.485 e. The Morgan fingerprint density at radius 3 is 3.00 bits per heavy atom. The molecule has 1 aromatic heterocycles. The Balaban J connectivity index is 1.67. The van der Waals surface area contributed by atoms with Crippen LogP contribution < -0.4 is 15.8 Å². The standard InChI is InChI=1S/C17H22N4O3/c1-11-19-16(21-24-11)10-23-15-8-3-2-6-13(15)17(22)20-14-7-4-5-12(14)9-18/h2-3,6,8,12,14H,4-5,7,9-10,18H2,1H3,(H,20,22). The van der Waals surface area contributed by atoms with Crippen LogP contribution in [-0.4, -0.2) is 28.6 Å². The highest BCUT2D eigenvalue weighted by molar-refractivity contribution is 5.97. The summed E-state index contributed by atoms with van der Waals surface area (Å²) in [6, 6.07) is 7.28. The fourth-order valence-electron chi connectivity index (χ4n) is 3.08. The third-order valence-corrected chi connectivity index (χ3v) is 4.34. The maximum absolute atomic E-state index is 12.6.